The second kappa shape index (κ2) is 3.43. The number of carboxylic acid groups (broad SMARTS) is 1. The summed E-state index contributed by atoms with van der Waals surface area (Å²) in [5.74, 6) is -1.56. The number of aromatic carboxylic acids is 1. The van der Waals surface area contributed by atoms with E-state index in [-0.39, 0.29) is 11.2 Å². The third-order valence-electron chi connectivity index (χ3n) is 2.49. The van der Waals surface area contributed by atoms with E-state index in [4.69, 9.17) is 9.52 Å². The Hall–Kier alpha value is -2.14. The molecule has 0 aliphatic heterocycles. The Bertz CT molecular complexity index is 797. The van der Waals surface area contributed by atoms with E-state index in [1.807, 2.05) is 24.3 Å². The van der Waals surface area contributed by atoms with Crippen LogP contribution in [0.3, 0.4) is 0 Å². The van der Waals surface area contributed by atoms with E-state index in [0.717, 1.165) is 16.2 Å². The van der Waals surface area contributed by atoms with Crippen molar-refractivity contribution in [1.29, 1.82) is 0 Å². The quantitative estimate of drug-likeness (QED) is 0.716. The van der Waals surface area contributed by atoms with Crippen LogP contribution in [0.5, 0.6) is 0 Å². The number of carboxylic acids is 1. The zero-order chi connectivity index (χ0) is 12.0. The highest BCUT2D eigenvalue weighted by atomic mass is 32.1. The third kappa shape index (κ3) is 1.43. The molecule has 0 bridgehead atoms. The van der Waals surface area contributed by atoms with Crippen LogP contribution in [0.25, 0.3) is 20.4 Å². The minimum atomic E-state index is -1.23. The Morgan fingerprint density at radius 1 is 1.29 bits per heavy atom. The van der Waals surface area contributed by atoms with Crippen molar-refractivity contribution in [3.05, 3.63) is 46.3 Å². The molecule has 0 atom stereocenters. The minimum absolute atomic E-state index is 0.318. The van der Waals surface area contributed by atoms with Gasteiger partial charge in [0.2, 0.25) is 5.76 Å². The predicted octanol–water partition coefficient (Wildman–Crippen LogP) is 2.71. The second-order valence-electron chi connectivity index (χ2n) is 3.54. The van der Waals surface area contributed by atoms with Gasteiger partial charge in [0.1, 0.15) is 0 Å². The topological polar surface area (TPSA) is 67.5 Å². The van der Waals surface area contributed by atoms with Gasteiger partial charge in [0.05, 0.1) is 5.39 Å². The lowest BCUT2D eigenvalue weighted by atomic mass is 10.2. The van der Waals surface area contributed by atoms with Crippen LogP contribution in [0.2, 0.25) is 0 Å². The van der Waals surface area contributed by atoms with Gasteiger partial charge in [-0.15, -0.1) is 0 Å². The maximum absolute atomic E-state index is 11.9. The lowest BCUT2D eigenvalue weighted by Crippen LogP contribution is -2.05. The van der Waals surface area contributed by atoms with Crippen LogP contribution in [0.1, 0.15) is 10.6 Å². The normalized spacial score (nSPS) is 11.1. The number of carbonyl (C=O) groups is 1. The van der Waals surface area contributed by atoms with E-state index in [1.165, 1.54) is 11.3 Å². The van der Waals surface area contributed by atoms with Gasteiger partial charge in [-0.3, -0.25) is 4.79 Å². The zero-order valence-corrected chi connectivity index (χ0v) is 9.28. The average molecular weight is 246 g/mol. The molecule has 17 heavy (non-hydrogen) atoms. The summed E-state index contributed by atoms with van der Waals surface area (Å²) in [6.07, 6.45) is 0. The highest BCUT2D eigenvalue weighted by molar-refractivity contribution is 7.25. The van der Waals surface area contributed by atoms with Gasteiger partial charge in [0, 0.05) is 16.2 Å². The molecule has 0 amide bonds. The predicted molar refractivity (Wildman–Crippen MR) is 64.8 cm³/mol. The molecule has 0 unspecified atom stereocenters. The number of thiophene rings is 1. The highest BCUT2D eigenvalue weighted by Crippen LogP contribution is 2.31. The molecule has 0 fully saturated rings. The maximum Gasteiger partial charge on any atom is 0.372 e. The molecule has 0 saturated heterocycles. The van der Waals surface area contributed by atoms with Crippen molar-refractivity contribution in [3.8, 4) is 0 Å². The fraction of sp³-hybridized carbons (Fsp3) is 0. The maximum atomic E-state index is 11.9. The van der Waals surface area contributed by atoms with Crippen LogP contribution in [-0.4, -0.2) is 11.1 Å². The molecule has 2 heterocycles. The van der Waals surface area contributed by atoms with E-state index < -0.39 is 5.97 Å². The van der Waals surface area contributed by atoms with Crippen LogP contribution in [-0.2, 0) is 0 Å². The molecule has 4 nitrogen and oxygen atoms in total. The van der Waals surface area contributed by atoms with Gasteiger partial charge in [0.15, 0.2) is 10.3 Å². The summed E-state index contributed by atoms with van der Waals surface area (Å²) in [6.45, 7) is 0. The molecule has 0 saturated carbocycles. The van der Waals surface area contributed by atoms with Gasteiger partial charge in [0.25, 0.3) is 0 Å². The van der Waals surface area contributed by atoms with E-state index in [9.17, 15) is 9.59 Å². The van der Waals surface area contributed by atoms with Gasteiger partial charge in [-0.05, 0) is 6.07 Å². The molecule has 84 valence electrons. The first kappa shape index (κ1) is 10.0. The lowest BCUT2D eigenvalue weighted by Gasteiger charge is -1.93. The fourth-order valence-electron chi connectivity index (χ4n) is 1.75. The van der Waals surface area contributed by atoms with E-state index in [2.05, 4.69) is 0 Å². The van der Waals surface area contributed by atoms with Gasteiger partial charge < -0.3 is 9.52 Å². The van der Waals surface area contributed by atoms with Crippen molar-refractivity contribution in [3.63, 3.8) is 0 Å². The van der Waals surface area contributed by atoms with E-state index in [0.29, 0.717) is 10.3 Å². The van der Waals surface area contributed by atoms with Crippen LogP contribution in [0.15, 0.2) is 39.5 Å². The SMILES string of the molecule is O=C(O)c1cc(=O)c2c(o1)sc1ccccc12. The van der Waals surface area contributed by atoms with E-state index >= 15 is 0 Å². The molecule has 0 spiro atoms. The number of benzene rings is 1. The molecular weight excluding hydrogens is 240 g/mol. The van der Waals surface area contributed by atoms with Crippen molar-refractivity contribution in [1.82, 2.24) is 0 Å². The fourth-order valence-corrected chi connectivity index (χ4v) is 2.82. The molecule has 3 aromatic rings. The van der Waals surface area contributed by atoms with Crippen molar-refractivity contribution < 1.29 is 14.3 Å². The van der Waals surface area contributed by atoms with Gasteiger partial charge >= 0.3 is 5.97 Å². The van der Waals surface area contributed by atoms with Crippen LogP contribution in [0, 0.1) is 0 Å². The number of hydrogen-bond acceptors (Lipinski definition) is 4. The molecular formula is C12H6O4S. The Morgan fingerprint density at radius 3 is 2.82 bits per heavy atom. The van der Waals surface area contributed by atoms with Crippen molar-refractivity contribution >= 4 is 37.7 Å². The second-order valence-corrected chi connectivity index (χ2v) is 4.56. The Morgan fingerprint density at radius 2 is 2.06 bits per heavy atom. The Labute approximate surface area is 98.7 Å². The molecule has 1 aromatic carbocycles. The third-order valence-corrected chi connectivity index (χ3v) is 3.53. The molecule has 1 N–H and O–H groups in total. The van der Waals surface area contributed by atoms with Crippen molar-refractivity contribution in [2.45, 2.75) is 0 Å². The number of fused-ring (bicyclic) bond motifs is 3. The van der Waals surface area contributed by atoms with Crippen molar-refractivity contribution in [2.75, 3.05) is 0 Å². The molecule has 2 aromatic heterocycles. The first-order valence-electron chi connectivity index (χ1n) is 4.85. The Kier molecular flexibility index (Phi) is 2.02. The number of rotatable bonds is 1. The summed E-state index contributed by atoms with van der Waals surface area (Å²) < 4.78 is 6.12. The molecule has 0 aliphatic carbocycles. The summed E-state index contributed by atoms with van der Waals surface area (Å²) in [5.41, 5.74) is -0.318. The molecule has 5 heteroatoms. The lowest BCUT2D eigenvalue weighted by molar-refractivity contribution is 0.0663. The summed E-state index contributed by atoms with van der Waals surface area (Å²) in [5, 5.41) is 10.1. The Balaban J connectivity index is 2.53. The smallest absolute Gasteiger partial charge is 0.372 e. The minimum Gasteiger partial charge on any atom is -0.475 e. The standard InChI is InChI=1S/C12H6O4S/c13-7-5-8(11(14)15)16-12-10(7)6-3-1-2-4-9(6)17-12/h1-5H,(H,14,15). The van der Waals surface area contributed by atoms with Crippen molar-refractivity contribution in [2.24, 2.45) is 0 Å². The van der Waals surface area contributed by atoms with Crippen LogP contribution < -0.4 is 5.43 Å². The molecule has 0 aliphatic rings. The molecule has 0 radical (unpaired) electrons. The largest absolute Gasteiger partial charge is 0.475 e. The van der Waals surface area contributed by atoms with Gasteiger partial charge in [-0.2, -0.15) is 0 Å². The van der Waals surface area contributed by atoms with Gasteiger partial charge in [-0.1, -0.05) is 29.5 Å². The van der Waals surface area contributed by atoms with Crippen LogP contribution >= 0.6 is 11.3 Å². The number of hydrogen-bond donors (Lipinski definition) is 1. The monoisotopic (exact) mass is 246 g/mol. The summed E-state index contributed by atoms with van der Waals surface area (Å²) in [4.78, 5) is 23.0. The summed E-state index contributed by atoms with van der Waals surface area (Å²) in [7, 11) is 0. The summed E-state index contributed by atoms with van der Waals surface area (Å²) >= 11 is 1.28. The average Bonchev–Trinajstić information content (AvgIpc) is 2.67. The van der Waals surface area contributed by atoms with Crippen LogP contribution in [0.4, 0.5) is 0 Å². The zero-order valence-electron chi connectivity index (χ0n) is 8.47. The first-order chi connectivity index (χ1) is 8.16. The first-order valence-corrected chi connectivity index (χ1v) is 5.67. The molecule has 3 rings (SSSR count). The van der Waals surface area contributed by atoms with Gasteiger partial charge in [-0.25, -0.2) is 4.79 Å². The summed E-state index contributed by atoms with van der Waals surface area (Å²) in [6, 6.07) is 8.41. The highest BCUT2D eigenvalue weighted by Gasteiger charge is 2.14. The van der Waals surface area contributed by atoms with E-state index in [1.54, 1.807) is 0 Å².